The van der Waals surface area contributed by atoms with Gasteiger partial charge in [-0.05, 0) is 66.2 Å². The number of carbonyl (C=O) groups excluding carboxylic acids is 4. The summed E-state index contributed by atoms with van der Waals surface area (Å²) in [6.07, 6.45) is 19.6. The van der Waals surface area contributed by atoms with Crippen molar-refractivity contribution in [3.05, 3.63) is 23.4 Å². The molecule has 52 heavy (non-hydrogen) atoms. The third-order valence-electron chi connectivity index (χ3n) is 9.66. The first-order valence-electron chi connectivity index (χ1n) is 19.6. The van der Waals surface area contributed by atoms with Crippen molar-refractivity contribution in [2.45, 2.75) is 194 Å². The zero-order valence-corrected chi connectivity index (χ0v) is 33.1. The molecule has 2 aliphatic carbocycles. The summed E-state index contributed by atoms with van der Waals surface area (Å²) < 4.78 is 21.4. The molecule has 2 heterocycles. The number of hydrogen-bond acceptors (Lipinski definition) is 12. The molecule has 0 radical (unpaired) electrons. The van der Waals surface area contributed by atoms with Crippen molar-refractivity contribution in [2.24, 2.45) is 11.8 Å². The second-order valence-electron chi connectivity index (χ2n) is 16.9. The van der Waals surface area contributed by atoms with E-state index in [1.807, 2.05) is 41.5 Å². The Labute approximate surface area is 310 Å². The smallest absolute Gasteiger partial charge is 0.307 e. The molecule has 2 atom stereocenters. The van der Waals surface area contributed by atoms with Gasteiger partial charge in [-0.1, -0.05) is 100 Å². The van der Waals surface area contributed by atoms with Crippen LogP contribution in [0.1, 0.15) is 216 Å². The molecule has 0 amide bonds. The number of ketones is 2. The van der Waals surface area contributed by atoms with E-state index in [2.05, 4.69) is 20.3 Å². The van der Waals surface area contributed by atoms with Crippen LogP contribution in [0.25, 0.3) is 0 Å². The van der Waals surface area contributed by atoms with E-state index in [-0.39, 0.29) is 59.8 Å². The standard InChI is InChI=1S/2C20H32N2O4/c2*1-14(23)18-21-19(26-22-18)16(13-17(24)25-20(2,3)4)12-8-11-15-9-6-5-7-10-15/h2*15-16H,5-13H2,1-4H3/t2*16-/m11/s1. The van der Waals surface area contributed by atoms with Gasteiger partial charge in [0.05, 0.1) is 12.8 Å². The second-order valence-corrected chi connectivity index (χ2v) is 16.9. The van der Waals surface area contributed by atoms with Gasteiger partial charge in [0, 0.05) is 25.7 Å². The number of nitrogens with zero attached hydrogens (tertiary/aromatic N) is 4. The molecule has 2 saturated carbocycles. The first-order valence-corrected chi connectivity index (χ1v) is 19.6. The Morgan fingerprint density at radius 1 is 0.615 bits per heavy atom. The first-order chi connectivity index (χ1) is 24.5. The first kappa shape index (κ1) is 43.0. The van der Waals surface area contributed by atoms with Gasteiger partial charge in [-0.3, -0.25) is 19.2 Å². The number of hydrogen-bond donors (Lipinski definition) is 0. The van der Waals surface area contributed by atoms with Gasteiger partial charge in [0.1, 0.15) is 11.2 Å². The minimum Gasteiger partial charge on any atom is -0.460 e. The molecule has 2 aromatic heterocycles. The molecule has 0 saturated heterocycles. The lowest BCUT2D eigenvalue weighted by atomic mass is 9.84. The molecular weight excluding hydrogens is 664 g/mol. The van der Waals surface area contributed by atoms with Gasteiger partial charge < -0.3 is 18.5 Å². The average molecular weight is 729 g/mol. The van der Waals surface area contributed by atoms with Crippen LogP contribution in [0, 0.1) is 11.8 Å². The lowest BCUT2D eigenvalue weighted by Crippen LogP contribution is -2.25. The normalized spacial score (nSPS) is 17.1. The maximum atomic E-state index is 12.3. The third kappa shape index (κ3) is 16.5. The van der Waals surface area contributed by atoms with Gasteiger partial charge in [0.15, 0.2) is 0 Å². The largest absolute Gasteiger partial charge is 0.460 e. The van der Waals surface area contributed by atoms with Crippen molar-refractivity contribution in [1.29, 1.82) is 0 Å². The van der Waals surface area contributed by atoms with Gasteiger partial charge in [0.25, 0.3) is 0 Å². The number of esters is 2. The lowest BCUT2D eigenvalue weighted by Gasteiger charge is -2.23. The Bertz CT molecular complexity index is 1300. The summed E-state index contributed by atoms with van der Waals surface area (Å²) in [7, 11) is 0. The van der Waals surface area contributed by atoms with Crippen LogP contribution in [0.15, 0.2) is 9.05 Å². The Hall–Kier alpha value is -3.44. The third-order valence-corrected chi connectivity index (χ3v) is 9.66. The van der Waals surface area contributed by atoms with E-state index in [9.17, 15) is 19.2 Å². The second kappa shape index (κ2) is 20.7. The summed E-state index contributed by atoms with van der Waals surface area (Å²) >= 11 is 0. The zero-order chi connectivity index (χ0) is 38.3. The van der Waals surface area contributed by atoms with Crippen LogP contribution in [0.5, 0.6) is 0 Å². The van der Waals surface area contributed by atoms with Crippen molar-refractivity contribution < 1.29 is 37.7 Å². The maximum absolute atomic E-state index is 12.3. The molecule has 0 spiro atoms. The number of ether oxygens (including phenoxy) is 2. The van der Waals surface area contributed by atoms with E-state index in [4.69, 9.17) is 18.5 Å². The van der Waals surface area contributed by atoms with Crippen molar-refractivity contribution >= 4 is 23.5 Å². The van der Waals surface area contributed by atoms with Crippen LogP contribution in [-0.4, -0.2) is 55.0 Å². The molecule has 2 aliphatic rings. The van der Waals surface area contributed by atoms with Crippen LogP contribution in [0.3, 0.4) is 0 Å². The van der Waals surface area contributed by atoms with Crippen LogP contribution < -0.4 is 0 Å². The van der Waals surface area contributed by atoms with Crippen LogP contribution in [0.4, 0.5) is 0 Å². The van der Waals surface area contributed by atoms with Gasteiger partial charge in [-0.2, -0.15) is 9.97 Å². The number of rotatable bonds is 16. The highest BCUT2D eigenvalue weighted by molar-refractivity contribution is 5.90. The number of Topliss-reactive ketones (excluding diaryl/α,β-unsaturated/α-hetero) is 2. The fourth-order valence-electron chi connectivity index (χ4n) is 7.14. The highest BCUT2D eigenvalue weighted by atomic mass is 16.6. The highest BCUT2D eigenvalue weighted by Gasteiger charge is 2.28. The Morgan fingerprint density at radius 3 is 1.25 bits per heavy atom. The zero-order valence-electron chi connectivity index (χ0n) is 33.1. The summed E-state index contributed by atoms with van der Waals surface area (Å²) in [5.74, 6) is 1.03. The van der Waals surface area contributed by atoms with Crippen molar-refractivity contribution in [1.82, 2.24) is 20.3 Å². The summed E-state index contributed by atoms with van der Waals surface area (Å²) in [5.41, 5.74) is -1.05. The Morgan fingerprint density at radius 2 is 0.962 bits per heavy atom. The predicted octanol–water partition coefficient (Wildman–Crippen LogP) is 9.68. The summed E-state index contributed by atoms with van der Waals surface area (Å²) in [4.78, 5) is 55.8. The molecule has 0 N–H and O–H groups in total. The van der Waals surface area contributed by atoms with Gasteiger partial charge in [0.2, 0.25) is 35.0 Å². The average Bonchev–Trinajstić information content (AvgIpc) is 3.75. The molecule has 2 fully saturated rings. The fraction of sp³-hybridized carbons (Fsp3) is 0.800. The van der Waals surface area contributed by atoms with Crippen molar-refractivity contribution in [3.8, 4) is 0 Å². The topological polar surface area (TPSA) is 165 Å². The molecule has 0 bridgehead atoms. The molecule has 4 rings (SSSR count). The van der Waals surface area contributed by atoms with Gasteiger partial charge in [-0.15, -0.1) is 0 Å². The lowest BCUT2D eigenvalue weighted by molar-refractivity contribution is -0.156. The molecule has 12 nitrogen and oxygen atoms in total. The molecule has 292 valence electrons. The molecule has 12 heteroatoms. The van der Waals surface area contributed by atoms with E-state index in [1.54, 1.807) is 0 Å². The van der Waals surface area contributed by atoms with Crippen LogP contribution in [-0.2, 0) is 19.1 Å². The summed E-state index contributed by atoms with van der Waals surface area (Å²) in [6, 6.07) is 0. The summed E-state index contributed by atoms with van der Waals surface area (Å²) in [5, 5.41) is 7.46. The quantitative estimate of drug-likeness (QED) is 0.119. The Balaban J connectivity index is 0.000000280. The highest BCUT2D eigenvalue weighted by Crippen LogP contribution is 2.33. The molecule has 2 aromatic rings. The van der Waals surface area contributed by atoms with Crippen molar-refractivity contribution in [3.63, 3.8) is 0 Å². The van der Waals surface area contributed by atoms with E-state index in [1.165, 1.54) is 90.9 Å². The molecule has 0 aliphatic heterocycles. The van der Waals surface area contributed by atoms with Crippen LogP contribution in [0.2, 0.25) is 0 Å². The van der Waals surface area contributed by atoms with E-state index in [0.717, 1.165) is 37.5 Å². The SMILES string of the molecule is CC(=O)c1noc([C@H](CCCC2CCCCC2)CC(=O)OC(C)(C)C)n1.CC(=O)c1noc([C@H](CCCC2CCCCC2)CC(=O)OC(C)(C)C)n1. The minimum atomic E-state index is -0.525. The van der Waals surface area contributed by atoms with E-state index < -0.39 is 11.2 Å². The van der Waals surface area contributed by atoms with Crippen LogP contribution >= 0.6 is 0 Å². The predicted molar refractivity (Wildman–Crippen MR) is 196 cm³/mol. The number of aromatic nitrogens is 4. The molecule has 0 unspecified atom stereocenters. The molecule has 0 aromatic carbocycles. The van der Waals surface area contributed by atoms with E-state index >= 15 is 0 Å². The van der Waals surface area contributed by atoms with Gasteiger partial charge in [-0.25, -0.2) is 0 Å². The van der Waals surface area contributed by atoms with Crippen molar-refractivity contribution in [2.75, 3.05) is 0 Å². The Kier molecular flexibility index (Phi) is 17.1. The molecular formula is C40H64N4O8. The van der Waals surface area contributed by atoms with E-state index in [0.29, 0.717) is 11.8 Å². The summed E-state index contributed by atoms with van der Waals surface area (Å²) in [6.45, 7) is 13.9. The minimum absolute atomic E-state index is 0.0708. The van der Waals surface area contributed by atoms with Gasteiger partial charge >= 0.3 is 11.9 Å². The number of carbonyl (C=O) groups is 4. The maximum Gasteiger partial charge on any atom is 0.307 e. The monoisotopic (exact) mass is 728 g/mol. The fourth-order valence-corrected chi connectivity index (χ4v) is 7.14.